The Labute approximate surface area is 117 Å². The molecule has 0 radical (unpaired) electrons. The van der Waals surface area contributed by atoms with Crippen molar-refractivity contribution >= 4 is 40.3 Å². The lowest BCUT2D eigenvalue weighted by Gasteiger charge is -2.19. The molecule has 1 aromatic carbocycles. The molecule has 0 saturated carbocycles. The lowest BCUT2D eigenvalue weighted by atomic mass is 10.2. The highest BCUT2D eigenvalue weighted by Gasteiger charge is 2.19. The first-order valence-electron chi connectivity index (χ1n) is 5.01. The normalized spacial score (nSPS) is 9.83. The molecule has 0 heterocycles. The Hall–Kier alpha value is -1.64. The van der Waals surface area contributed by atoms with E-state index in [1.54, 1.807) is 24.3 Å². The number of amides is 3. The lowest BCUT2D eigenvalue weighted by Crippen LogP contribution is -2.43. The van der Waals surface area contributed by atoms with Gasteiger partial charge in [-0.2, -0.15) is 0 Å². The summed E-state index contributed by atoms with van der Waals surface area (Å²) >= 11 is 2.10. The van der Waals surface area contributed by atoms with Crippen LogP contribution in [-0.4, -0.2) is 35.7 Å². The van der Waals surface area contributed by atoms with Crippen molar-refractivity contribution in [1.82, 2.24) is 4.90 Å². The second kappa shape index (κ2) is 6.34. The van der Waals surface area contributed by atoms with Crippen LogP contribution in [0, 0.1) is 3.57 Å². The molecule has 0 aliphatic heterocycles. The summed E-state index contributed by atoms with van der Waals surface area (Å²) in [6.45, 7) is -0.679. The van der Waals surface area contributed by atoms with E-state index in [0.29, 0.717) is 5.56 Å². The van der Waals surface area contributed by atoms with E-state index < -0.39 is 17.7 Å². The smallest absolute Gasteiger partial charge is 0.254 e. The molecule has 0 fully saturated rings. The quantitative estimate of drug-likeness (QED) is 0.704. The molecule has 0 aliphatic rings. The zero-order valence-corrected chi connectivity index (χ0v) is 11.6. The SMILES string of the molecule is NC(=O)CN(CC(N)=O)C(=O)c1ccc(I)cc1. The highest BCUT2D eigenvalue weighted by Crippen LogP contribution is 2.09. The van der Waals surface area contributed by atoms with Crippen LogP contribution < -0.4 is 11.5 Å². The van der Waals surface area contributed by atoms with Crippen LogP contribution in [0.5, 0.6) is 0 Å². The van der Waals surface area contributed by atoms with E-state index in [0.717, 1.165) is 8.47 Å². The van der Waals surface area contributed by atoms with Crippen LogP contribution in [0.4, 0.5) is 0 Å². The van der Waals surface area contributed by atoms with E-state index in [4.69, 9.17) is 11.5 Å². The minimum Gasteiger partial charge on any atom is -0.368 e. The first-order valence-corrected chi connectivity index (χ1v) is 6.09. The van der Waals surface area contributed by atoms with Gasteiger partial charge in [-0.25, -0.2) is 0 Å². The summed E-state index contributed by atoms with van der Waals surface area (Å²) < 4.78 is 0.973. The zero-order valence-electron chi connectivity index (χ0n) is 9.43. The van der Waals surface area contributed by atoms with Gasteiger partial charge in [0.05, 0.1) is 0 Å². The average molecular weight is 361 g/mol. The minimum atomic E-state index is -0.699. The number of hydrogen-bond acceptors (Lipinski definition) is 3. The zero-order chi connectivity index (χ0) is 13.7. The standard InChI is InChI=1S/C11H12IN3O3/c12-8-3-1-7(2-4-8)11(18)15(5-9(13)16)6-10(14)17/h1-4H,5-6H2,(H2,13,16)(H2,14,17). The molecule has 4 N–H and O–H groups in total. The number of nitrogens with two attached hydrogens (primary N) is 2. The van der Waals surface area contributed by atoms with Crippen molar-refractivity contribution in [3.8, 4) is 0 Å². The number of rotatable bonds is 5. The van der Waals surface area contributed by atoms with Gasteiger partial charge in [0.1, 0.15) is 13.1 Å². The van der Waals surface area contributed by atoms with E-state index >= 15 is 0 Å². The molecule has 3 amide bonds. The van der Waals surface area contributed by atoms with Gasteiger partial charge in [-0.3, -0.25) is 14.4 Å². The van der Waals surface area contributed by atoms with Gasteiger partial charge in [0.25, 0.3) is 5.91 Å². The number of halogens is 1. The average Bonchev–Trinajstić information content (AvgIpc) is 2.27. The largest absolute Gasteiger partial charge is 0.368 e. The molecule has 0 bridgehead atoms. The van der Waals surface area contributed by atoms with Crippen LogP contribution in [0.3, 0.4) is 0 Å². The van der Waals surface area contributed by atoms with E-state index in [-0.39, 0.29) is 13.1 Å². The Balaban J connectivity index is 2.90. The van der Waals surface area contributed by atoms with Crippen molar-refractivity contribution in [3.63, 3.8) is 0 Å². The number of carbonyl (C=O) groups excluding carboxylic acids is 3. The number of nitrogens with zero attached hydrogens (tertiary/aromatic N) is 1. The molecular weight excluding hydrogens is 349 g/mol. The van der Waals surface area contributed by atoms with Crippen molar-refractivity contribution in [2.45, 2.75) is 0 Å². The Morgan fingerprint density at radius 2 is 1.44 bits per heavy atom. The molecule has 0 spiro atoms. The Kier molecular flexibility index (Phi) is 5.08. The van der Waals surface area contributed by atoms with Crippen molar-refractivity contribution in [2.75, 3.05) is 13.1 Å². The van der Waals surface area contributed by atoms with Gasteiger partial charge < -0.3 is 16.4 Å². The highest BCUT2D eigenvalue weighted by molar-refractivity contribution is 14.1. The second-order valence-corrected chi connectivity index (χ2v) is 4.85. The topological polar surface area (TPSA) is 106 Å². The summed E-state index contributed by atoms with van der Waals surface area (Å²) in [4.78, 5) is 34.8. The van der Waals surface area contributed by atoms with Crippen LogP contribution in [0.25, 0.3) is 0 Å². The fourth-order valence-electron chi connectivity index (χ4n) is 1.35. The Bertz CT molecular complexity index is 457. The number of hydrogen-bond donors (Lipinski definition) is 2. The van der Waals surface area contributed by atoms with Gasteiger partial charge in [-0.05, 0) is 46.9 Å². The molecule has 0 aliphatic carbocycles. The molecule has 6 nitrogen and oxygen atoms in total. The lowest BCUT2D eigenvalue weighted by molar-refractivity contribution is -0.121. The first kappa shape index (κ1) is 14.4. The van der Waals surface area contributed by atoms with Crippen molar-refractivity contribution in [1.29, 1.82) is 0 Å². The van der Waals surface area contributed by atoms with Gasteiger partial charge in [0.2, 0.25) is 11.8 Å². The molecular formula is C11H12IN3O3. The van der Waals surface area contributed by atoms with Crippen LogP contribution in [-0.2, 0) is 9.59 Å². The maximum atomic E-state index is 12.0. The van der Waals surface area contributed by atoms with E-state index in [9.17, 15) is 14.4 Å². The van der Waals surface area contributed by atoms with E-state index in [1.807, 2.05) is 0 Å². The molecule has 0 atom stereocenters. The monoisotopic (exact) mass is 361 g/mol. The molecule has 96 valence electrons. The third-order valence-electron chi connectivity index (χ3n) is 2.07. The molecule has 0 saturated heterocycles. The summed E-state index contributed by atoms with van der Waals surface area (Å²) in [5, 5.41) is 0. The van der Waals surface area contributed by atoms with Crippen LogP contribution in [0.1, 0.15) is 10.4 Å². The predicted molar refractivity (Wildman–Crippen MR) is 73.5 cm³/mol. The predicted octanol–water partition coefficient (Wildman–Crippen LogP) is -0.296. The van der Waals surface area contributed by atoms with E-state index in [1.165, 1.54) is 0 Å². The number of benzene rings is 1. The fourth-order valence-corrected chi connectivity index (χ4v) is 1.71. The molecule has 0 aromatic heterocycles. The summed E-state index contributed by atoms with van der Waals surface area (Å²) in [7, 11) is 0. The van der Waals surface area contributed by atoms with Crippen molar-refractivity contribution in [2.24, 2.45) is 11.5 Å². The Morgan fingerprint density at radius 3 is 1.83 bits per heavy atom. The first-order chi connectivity index (χ1) is 8.40. The van der Waals surface area contributed by atoms with Gasteiger partial charge in [-0.1, -0.05) is 0 Å². The summed E-state index contributed by atoms with van der Waals surface area (Å²) in [6, 6.07) is 6.72. The van der Waals surface area contributed by atoms with Crippen molar-refractivity contribution in [3.05, 3.63) is 33.4 Å². The maximum absolute atomic E-state index is 12.0. The Morgan fingerprint density at radius 1 is 1.00 bits per heavy atom. The molecule has 7 heteroatoms. The summed E-state index contributed by atoms with van der Waals surface area (Å²) in [6.07, 6.45) is 0. The maximum Gasteiger partial charge on any atom is 0.254 e. The molecule has 1 aromatic rings. The minimum absolute atomic E-state index is 0.340. The van der Waals surface area contributed by atoms with Crippen LogP contribution in [0.15, 0.2) is 24.3 Å². The highest BCUT2D eigenvalue weighted by atomic mass is 127. The third kappa shape index (κ3) is 4.32. The molecule has 18 heavy (non-hydrogen) atoms. The van der Waals surface area contributed by atoms with Gasteiger partial charge >= 0.3 is 0 Å². The third-order valence-corrected chi connectivity index (χ3v) is 2.79. The van der Waals surface area contributed by atoms with Crippen LogP contribution in [0.2, 0.25) is 0 Å². The molecule has 0 unspecified atom stereocenters. The van der Waals surface area contributed by atoms with Crippen LogP contribution >= 0.6 is 22.6 Å². The van der Waals surface area contributed by atoms with Gasteiger partial charge in [0, 0.05) is 9.13 Å². The van der Waals surface area contributed by atoms with Gasteiger partial charge in [0.15, 0.2) is 0 Å². The number of primary amides is 2. The summed E-state index contributed by atoms with van der Waals surface area (Å²) in [5.41, 5.74) is 10.4. The van der Waals surface area contributed by atoms with Gasteiger partial charge in [-0.15, -0.1) is 0 Å². The molecule has 1 rings (SSSR count). The second-order valence-electron chi connectivity index (χ2n) is 3.60. The van der Waals surface area contributed by atoms with Crippen molar-refractivity contribution < 1.29 is 14.4 Å². The summed E-state index contributed by atoms with van der Waals surface area (Å²) in [5.74, 6) is -1.85. The number of carbonyl (C=O) groups is 3. The fraction of sp³-hybridized carbons (Fsp3) is 0.182. The van der Waals surface area contributed by atoms with E-state index in [2.05, 4.69) is 22.6 Å².